The molecule has 1 aliphatic heterocycles. The van der Waals surface area contributed by atoms with Crippen molar-refractivity contribution in [3.05, 3.63) is 0 Å². The van der Waals surface area contributed by atoms with E-state index in [-0.39, 0.29) is 30.5 Å². The smallest absolute Gasteiger partial charge is 0.225 e. The summed E-state index contributed by atoms with van der Waals surface area (Å²) in [6, 6.07) is -0.0539. The van der Waals surface area contributed by atoms with E-state index in [2.05, 4.69) is 5.32 Å². The molecule has 0 aromatic heterocycles. The number of carbonyl (C=O) groups is 1. The van der Waals surface area contributed by atoms with Crippen LogP contribution < -0.4 is 5.32 Å². The van der Waals surface area contributed by atoms with Gasteiger partial charge >= 0.3 is 0 Å². The van der Waals surface area contributed by atoms with Crippen molar-refractivity contribution in [2.75, 3.05) is 13.1 Å². The predicted molar refractivity (Wildman–Crippen MR) is 70.4 cm³/mol. The third kappa shape index (κ3) is 3.65. The van der Waals surface area contributed by atoms with Gasteiger partial charge in [-0.05, 0) is 25.7 Å². The molecule has 5 heteroatoms. The first-order chi connectivity index (χ1) is 8.97. The van der Waals surface area contributed by atoms with Gasteiger partial charge in [-0.25, -0.2) is 8.78 Å². The normalized spacial score (nSPS) is 35.9. The first kappa shape index (κ1) is 14.7. The molecule has 0 radical (unpaired) electrons. The highest BCUT2D eigenvalue weighted by molar-refractivity contribution is 5.79. The van der Waals surface area contributed by atoms with Crippen molar-refractivity contribution in [3.8, 4) is 0 Å². The van der Waals surface area contributed by atoms with Crippen LogP contribution in [0.15, 0.2) is 0 Å². The SMILES string of the molecule is CC(C)NC1CN(C(=O)C2CCC(F)CC2)C[C@@H]1F. The molecule has 0 spiro atoms. The minimum atomic E-state index is -0.996. The Morgan fingerprint density at radius 1 is 1.16 bits per heavy atom. The quantitative estimate of drug-likeness (QED) is 0.854. The second-order valence-corrected chi connectivity index (χ2v) is 6.14. The van der Waals surface area contributed by atoms with Crippen molar-refractivity contribution < 1.29 is 13.6 Å². The van der Waals surface area contributed by atoms with Crippen molar-refractivity contribution in [1.29, 1.82) is 0 Å². The van der Waals surface area contributed by atoms with Crippen LogP contribution in [0.3, 0.4) is 0 Å². The number of hydrogen-bond acceptors (Lipinski definition) is 2. The molecule has 2 fully saturated rings. The summed E-state index contributed by atoms with van der Waals surface area (Å²) in [6.45, 7) is 4.56. The molecule has 1 aliphatic carbocycles. The summed E-state index contributed by atoms with van der Waals surface area (Å²) in [4.78, 5) is 13.9. The summed E-state index contributed by atoms with van der Waals surface area (Å²) in [6.07, 6.45) is 0.398. The zero-order valence-electron chi connectivity index (χ0n) is 11.7. The number of likely N-dealkylation sites (tertiary alicyclic amines) is 1. The molecule has 2 aliphatic rings. The summed E-state index contributed by atoms with van der Waals surface area (Å²) in [5, 5.41) is 3.16. The molecule has 0 bridgehead atoms. The van der Waals surface area contributed by atoms with E-state index in [1.54, 1.807) is 4.90 Å². The Morgan fingerprint density at radius 2 is 1.79 bits per heavy atom. The van der Waals surface area contributed by atoms with Gasteiger partial charge in [0.15, 0.2) is 0 Å². The molecule has 1 heterocycles. The Kier molecular flexibility index (Phi) is 4.76. The van der Waals surface area contributed by atoms with E-state index in [0.29, 0.717) is 32.2 Å². The first-order valence-corrected chi connectivity index (χ1v) is 7.30. The molecule has 1 saturated carbocycles. The van der Waals surface area contributed by atoms with Crippen LogP contribution in [0, 0.1) is 5.92 Å². The molecule has 0 aromatic carbocycles. The van der Waals surface area contributed by atoms with Crippen LogP contribution in [0.1, 0.15) is 39.5 Å². The number of rotatable bonds is 3. The van der Waals surface area contributed by atoms with Crippen molar-refractivity contribution >= 4 is 5.91 Å². The summed E-state index contributed by atoms with van der Waals surface area (Å²) < 4.78 is 26.9. The van der Waals surface area contributed by atoms with Crippen molar-refractivity contribution in [2.24, 2.45) is 5.92 Å². The Morgan fingerprint density at radius 3 is 2.37 bits per heavy atom. The number of hydrogen-bond donors (Lipinski definition) is 1. The summed E-state index contributed by atoms with van der Waals surface area (Å²) >= 11 is 0. The van der Waals surface area contributed by atoms with Gasteiger partial charge in [0.1, 0.15) is 12.3 Å². The summed E-state index contributed by atoms with van der Waals surface area (Å²) in [5.41, 5.74) is 0. The van der Waals surface area contributed by atoms with E-state index in [1.807, 2.05) is 13.8 Å². The van der Waals surface area contributed by atoms with Gasteiger partial charge in [-0.1, -0.05) is 13.8 Å². The number of amides is 1. The number of alkyl halides is 2. The van der Waals surface area contributed by atoms with Gasteiger partial charge in [-0.15, -0.1) is 0 Å². The molecule has 1 saturated heterocycles. The lowest BCUT2D eigenvalue weighted by Crippen LogP contribution is -2.42. The maximum Gasteiger partial charge on any atom is 0.225 e. The topological polar surface area (TPSA) is 32.3 Å². The second-order valence-electron chi connectivity index (χ2n) is 6.14. The minimum absolute atomic E-state index is 0.0163. The molecular weight excluding hydrogens is 250 g/mol. The number of carbonyl (C=O) groups excluding carboxylic acids is 1. The Hall–Kier alpha value is -0.710. The van der Waals surface area contributed by atoms with Gasteiger partial charge in [-0.3, -0.25) is 4.79 Å². The van der Waals surface area contributed by atoms with E-state index < -0.39 is 12.3 Å². The largest absolute Gasteiger partial charge is 0.338 e. The lowest BCUT2D eigenvalue weighted by atomic mass is 9.87. The van der Waals surface area contributed by atoms with Gasteiger partial charge in [0.25, 0.3) is 0 Å². The zero-order chi connectivity index (χ0) is 14.0. The van der Waals surface area contributed by atoms with Crippen molar-refractivity contribution in [2.45, 2.75) is 64.0 Å². The van der Waals surface area contributed by atoms with E-state index in [4.69, 9.17) is 0 Å². The van der Waals surface area contributed by atoms with Crippen LogP contribution in [0.4, 0.5) is 8.78 Å². The van der Waals surface area contributed by atoms with Crippen LogP contribution in [-0.2, 0) is 4.79 Å². The number of nitrogens with zero attached hydrogens (tertiary/aromatic N) is 1. The highest BCUT2D eigenvalue weighted by Crippen LogP contribution is 2.29. The van der Waals surface area contributed by atoms with Crippen LogP contribution in [0.5, 0.6) is 0 Å². The average Bonchev–Trinajstić information content (AvgIpc) is 2.70. The molecule has 2 rings (SSSR count). The van der Waals surface area contributed by atoms with Crippen LogP contribution in [-0.4, -0.2) is 48.3 Å². The molecule has 1 unspecified atom stereocenters. The highest BCUT2D eigenvalue weighted by Gasteiger charge is 2.38. The Labute approximate surface area is 113 Å². The first-order valence-electron chi connectivity index (χ1n) is 7.30. The average molecular weight is 274 g/mol. The number of nitrogens with one attached hydrogen (secondary N) is 1. The Balaban J connectivity index is 1.87. The molecular formula is C14H24F2N2O. The molecule has 3 nitrogen and oxygen atoms in total. The fraction of sp³-hybridized carbons (Fsp3) is 0.929. The lowest BCUT2D eigenvalue weighted by molar-refractivity contribution is -0.136. The van der Waals surface area contributed by atoms with Gasteiger partial charge in [0.05, 0.1) is 12.6 Å². The van der Waals surface area contributed by atoms with Crippen LogP contribution >= 0.6 is 0 Å². The van der Waals surface area contributed by atoms with Gasteiger partial charge < -0.3 is 10.2 Å². The Bertz CT molecular complexity index is 317. The van der Waals surface area contributed by atoms with Crippen molar-refractivity contribution in [1.82, 2.24) is 10.2 Å². The standard InChI is InChI=1S/C14H24F2N2O/c1-9(2)17-13-8-18(7-12(13)16)14(19)10-3-5-11(15)6-4-10/h9-13,17H,3-8H2,1-2H3/t10?,11?,12-,13?/m0/s1. The lowest BCUT2D eigenvalue weighted by Gasteiger charge is -2.27. The maximum absolute atomic E-state index is 13.9. The predicted octanol–water partition coefficient (Wildman–Crippen LogP) is 2.06. The monoisotopic (exact) mass is 274 g/mol. The fourth-order valence-corrected chi connectivity index (χ4v) is 3.09. The third-order valence-electron chi connectivity index (χ3n) is 4.11. The summed E-state index contributed by atoms with van der Waals surface area (Å²) in [7, 11) is 0. The molecule has 1 N–H and O–H groups in total. The minimum Gasteiger partial charge on any atom is -0.338 e. The molecule has 2 atom stereocenters. The molecule has 1 amide bonds. The summed E-state index contributed by atoms with van der Waals surface area (Å²) in [5.74, 6) is -0.0837. The zero-order valence-corrected chi connectivity index (χ0v) is 11.7. The molecule has 0 aromatic rings. The van der Waals surface area contributed by atoms with E-state index in [9.17, 15) is 13.6 Å². The van der Waals surface area contributed by atoms with Gasteiger partial charge in [0.2, 0.25) is 5.91 Å². The van der Waals surface area contributed by atoms with E-state index in [1.165, 1.54) is 0 Å². The highest BCUT2D eigenvalue weighted by atomic mass is 19.1. The number of halogens is 2. The molecule has 110 valence electrons. The van der Waals surface area contributed by atoms with Gasteiger partial charge in [0, 0.05) is 18.5 Å². The van der Waals surface area contributed by atoms with E-state index >= 15 is 0 Å². The maximum atomic E-state index is 13.9. The fourth-order valence-electron chi connectivity index (χ4n) is 3.09. The van der Waals surface area contributed by atoms with Gasteiger partial charge in [-0.2, -0.15) is 0 Å². The van der Waals surface area contributed by atoms with Crippen LogP contribution in [0.25, 0.3) is 0 Å². The molecule has 19 heavy (non-hydrogen) atoms. The third-order valence-corrected chi connectivity index (χ3v) is 4.11. The van der Waals surface area contributed by atoms with Crippen LogP contribution in [0.2, 0.25) is 0 Å². The second kappa shape index (κ2) is 6.16. The van der Waals surface area contributed by atoms with Crippen molar-refractivity contribution in [3.63, 3.8) is 0 Å². The van der Waals surface area contributed by atoms with E-state index in [0.717, 1.165) is 0 Å².